The number of Topliss-reactive ketones (excluding diaryl/α,β-unsaturated/α-hetero) is 1. The summed E-state index contributed by atoms with van der Waals surface area (Å²) in [6, 6.07) is 0. The Morgan fingerprint density at radius 3 is 2.65 bits per heavy atom. The molecule has 0 aromatic rings. The molecule has 3 heteroatoms. The lowest BCUT2D eigenvalue weighted by molar-refractivity contribution is -0.162. The first-order chi connectivity index (χ1) is 9.28. The largest absolute Gasteiger partial charge is 0.461 e. The van der Waals surface area contributed by atoms with Crippen LogP contribution in [-0.2, 0) is 14.3 Å². The SMILES string of the molecule is C=C(C)[C@@H]1CC(=O)C2=CCC[C@H](C)[C@@]2(C)[C@@H]1OC(C)=O. The molecule has 0 unspecified atom stereocenters. The number of allylic oxidation sites excluding steroid dienone is 1. The van der Waals surface area contributed by atoms with E-state index >= 15 is 0 Å². The van der Waals surface area contributed by atoms with Crippen LogP contribution in [0.4, 0.5) is 0 Å². The molecule has 2 aliphatic carbocycles. The molecule has 2 rings (SSSR count). The third-order valence-corrected chi connectivity index (χ3v) is 5.14. The second-order valence-electron chi connectivity index (χ2n) is 6.49. The van der Waals surface area contributed by atoms with Gasteiger partial charge in [-0.2, -0.15) is 0 Å². The highest BCUT2D eigenvalue weighted by Gasteiger charge is 2.54. The Bertz CT molecular complexity index is 488. The minimum absolute atomic E-state index is 0.0749. The van der Waals surface area contributed by atoms with Crippen LogP contribution in [0.3, 0.4) is 0 Å². The predicted octanol–water partition coefficient (Wildman–Crippen LogP) is 3.45. The first kappa shape index (κ1) is 15.0. The van der Waals surface area contributed by atoms with Crippen LogP contribution in [0.25, 0.3) is 0 Å². The molecule has 110 valence electrons. The summed E-state index contributed by atoms with van der Waals surface area (Å²) in [5.74, 6) is 0.149. The van der Waals surface area contributed by atoms with Gasteiger partial charge >= 0.3 is 5.97 Å². The van der Waals surface area contributed by atoms with Crippen molar-refractivity contribution in [1.29, 1.82) is 0 Å². The molecule has 2 aliphatic rings. The molecule has 0 saturated heterocycles. The molecule has 0 amide bonds. The Balaban J connectivity index is 2.52. The highest BCUT2D eigenvalue weighted by atomic mass is 16.5. The molecular formula is C17H24O3. The van der Waals surface area contributed by atoms with Gasteiger partial charge in [0, 0.05) is 30.3 Å². The third kappa shape index (κ3) is 2.23. The van der Waals surface area contributed by atoms with E-state index in [1.807, 2.05) is 13.0 Å². The minimum Gasteiger partial charge on any atom is -0.461 e. The van der Waals surface area contributed by atoms with E-state index in [0.717, 1.165) is 24.0 Å². The summed E-state index contributed by atoms with van der Waals surface area (Å²) in [7, 11) is 0. The third-order valence-electron chi connectivity index (χ3n) is 5.14. The van der Waals surface area contributed by atoms with Crippen molar-refractivity contribution in [3.8, 4) is 0 Å². The molecule has 0 spiro atoms. The van der Waals surface area contributed by atoms with Crippen molar-refractivity contribution in [2.24, 2.45) is 17.3 Å². The zero-order valence-electron chi connectivity index (χ0n) is 12.9. The number of hydrogen-bond donors (Lipinski definition) is 0. The number of hydrogen-bond acceptors (Lipinski definition) is 3. The van der Waals surface area contributed by atoms with Crippen molar-refractivity contribution < 1.29 is 14.3 Å². The van der Waals surface area contributed by atoms with Crippen molar-refractivity contribution in [2.75, 3.05) is 0 Å². The lowest BCUT2D eigenvalue weighted by atomic mass is 9.55. The summed E-state index contributed by atoms with van der Waals surface area (Å²) < 4.78 is 5.66. The number of rotatable bonds is 2. The molecule has 0 aromatic heterocycles. The summed E-state index contributed by atoms with van der Waals surface area (Å²) in [6.45, 7) is 11.6. The van der Waals surface area contributed by atoms with Gasteiger partial charge in [0.2, 0.25) is 0 Å². The number of fused-ring (bicyclic) bond motifs is 1. The smallest absolute Gasteiger partial charge is 0.302 e. The highest BCUT2D eigenvalue weighted by molar-refractivity contribution is 5.98. The normalized spacial score (nSPS) is 36.9. The van der Waals surface area contributed by atoms with Gasteiger partial charge < -0.3 is 4.74 Å². The summed E-state index contributed by atoms with van der Waals surface area (Å²) in [5.41, 5.74) is 1.39. The Kier molecular flexibility index (Phi) is 3.90. The first-order valence-electron chi connectivity index (χ1n) is 7.35. The first-order valence-corrected chi connectivity index (χ1v) is 7.35. The van der Waals surface area contributed by atoms with Crippen molar-refractivity contribution >= 4 is 11.8 Å². The van der Waals surface area contributed by atoms with Gasteiger partial charge in [0.05, 0.1) is 0 Å². The van der Waals surface area contributed by atoms with Crippen molar-refractivity contribution in [1.82, 2.24) is 0 Å². The van der Waals surface area contributed by atoms with E-state index < -0.39 is 0 Å². The van der Waals surface area contributed by atoms with Gasteiger partial charge in [-0.15, -0.1) is 0 Å². The lowest BCUT2D eigenvalue weighted by Crippen LogP contribution is -2.53. The van der Waals surface area contributed by atoms with Crippen LogP contribution in [-0.4, -0.2) is 17.9 Å². The van der Waals surface area contributed by atoms with Crippen LogP contribution in [0.1, 0.15) is 47.0 Å². The number of ketones is 1. The van der Waals surface area contributed by atoms with Gasteiger partial charge in [0.15, 0.2) is 5.78 Å². The van der Waals surface area contributed by atoms with Crippen LogP contribution < -0.4 is 0 Å². The van der Waals surface area contributed by atoms with E-state index in [-0.39, 0.29) is 29.2 Å². The maximum atomic E-state index is 12.5. The van der Waals surface area contributed by atoms with Gasteiger partial charge in [-0.3, -0.25) is 9.59 Å². The zero-order valence-corrected chi connectivity index (χ0v) is 12.9. The van der Waals surface area contributed by atoms with Crippen LogP contribution >= 0.6 is 0 Å². The Morgan fingerprint density at radius 1 is 1.45 bits per heavy atom. The minimum atomic E-state index is -0.386. The summed E-state index contributed by atoms with van der Waals surface area (Å²) in [5, 5.41) is 0. The van der Waals surface area contributed by atoms with Gasteiger partial charge in [0.25, 0.3) is 0 Å². The monoisotopic (exact) mass is 276 g/mol. The molecule has 0 N–H and O–H groups in total. The molecule has 0 aliphatic heterocycles. The average molecular weight is 276 g/mol. The second kappa shape index (κ2) is 5.19. The molecule has 0 aromatic carbocycles. The zero-order chi connectivity index (χ0) is 15.1. The lowest BCUT2D eigenvalue weighted by Gasteiger charge is -2.51. The van der Waals surface area contributed by atoms with E-state index in [4.69, 9.17) is 4.74 Å². The quantitative estimate of drug-likeness (QED) is 0.573. The summed E-state index contributed by atoms with van der Waals surface area (Å²) in [4.78, 5) is 24.0. The number of carbonyl (C=O) groups is 2. The molecule has 0 radical (unpaired) electrons. The second-order valence-corrected chi connectivity index (χ2v) is 6.49. The summed E-state index contributed by atoms with van der Waals surface area (Å²) in [6.07, 6.45) is 4.13. The maximum Gasteiger partial charge on any atom is 0.302 e. The van der Waals surface area contributed by atoms with Crippen LogP contribution in [0, 0.1) is 17.3 Å². The van der Waals surface area contributed by atoms with Crippen LogP contribution in [0.15, 0.2) is 23.8 Å². The molecule has 3 nitrogen and oxygen atoms in total. The van der Waals surface area contributed by atoms with E-state index in [0.29, 0.717) is 12.3 Å². The maximum absolute atomic E-state index is 12.5. The van der Waals surface area contributed by atoms with Crippen LogP contribution in [0.2, 0.25) is 0 Å². The molecule has 0 bridgehead atoms. The fourth-order valence-corrected chi connectivity index (χ4v) is 3.76. The molecule has 20 heavy (non-hydrogen) atoms. The highest BCUT2D eigenvalue weighted by Crippen LogP contribution is 2.53. The fraction of sp³-hybridized carbons (Fsp3) is 0.647. The molecule has 4 atom stereocenters. The van der Waals surface area contributed by atoms with Gasteiger partial charge in [-0.1, -0.05) is 32.1 Å². The van der Waals surface area contributed by atoms with Crippen LogP contribution in [0.5, 0.6) is 0 Å². The van der Waals surface area contributed by atoms with Crippen molar-refractivity contribution in [3.63, 3.8) is 0 Å². The van der Waals surface area contributed by atoms with E-state index in [1.54, 1.807) is 0 Å². The fourth-order valence-electron chi connectivity index (χ4n) is 3.76. The summed E-state index contributed by atoms with van der Waals surface area (Å²) >= 11 is 0. The Hall–Kier alpha value is -1.38. The van der Waals surface area contributed by atoms with E-state index in [1.165, 1.54) is 6.92 Å². The molecule has 1 fully saturated rings. The van der Waals surface area contributed by atoms with Gasteiger partial charge in [-0.05, 0) is 25.7 Å². The Morgan fingerprint density at radius 2 is 2.10 bits per heavy atom. The van der Waals surface area contributed by atoms with Gasteiger partial charge in [0.1, 0.15) is 6.10 Å². The average Bonchev–Trinajstić information content (AvgIpc) is 2.34. The standard InChI is InChI=1S/C17H24O3/c1-10(2)13-9-15(19)14-8-6-7-11(3)17(14,5)16(13)20-12(4)18/h8,11,13,16H,1,6-7,9H2,2-5H3/t11-,13-,16+,17+/m0/s1. The number of ether oxygens (including phenoxy) is 1. The van der Waals surface area contributed by atoms with Crippen molar-refractivity contribution in [2.45, 2.75) is 53.1 Å². The van der Waals surface area contributed by atoms with Crippen molar-refractivity contribution in [3.05, 3.63) is 23.8 Å². The van der Waals surface area contributed by atoms with E-state index in [2.05, 4.69) is 20.4 Å². The molecular weight excluding hydrogens is 252 g/mol. The molecule has 0 heterocycles. The molecule has 1 saturated carbocycles. The van der Waals surface area contributed by atoms with E-state index in [9.17, 15) is 9.59 Å². The number of carbonyl (C=O) groups excluding carboxylic acids is 2. The predicted molar refractivity (Wildman–Crippen MR) is 78.1 cm³/mol. The Labute approximate surface area is 121 Å². The topological polar surface area (TPSA) is 43.4 Å². The number of esters is 1. The van der Waals surface area contributed by atoms with Gasteiger partial charge in [-0.25, -0.2) is 0 Å².